The Morgan fingerprint density at radius 2 is 1.87 bits per heavy atom. The number of carbonyl (C=O) groups is 1. The number of sulfonamides is 1. The third kappa shape index (κ3) is 5.37. The molecule has 2 aromatic rings. The summed E-state index contributed by atoms with van der Waals surface area (Å²) in [4.78, 5) is 13.3. The first kappa shape index (κ1) is 22.2. The minimum absolute atomic E-state index is 0.0847. The molecule has 2 N–H and O–H groups in total. The number of rotatable bonds is 8. The van der Waals surface area contributed by atoms with Gasteiger partial charge in [0.1, 0.15) is 10.6 Å². The van der Waals surface area contributed by atoms with Gasteiger partial charge in [-0.15, -0.1) is 0 Å². The van der Waals surface area contributed by atoms with Crippen molar-refractivity contribution in [3.63, 3.8) is 0 Å². The number of nitrogens with zero attached hydrogens (tertiary/aromatic N) is 1. The van der Waals surface area contributed by atoms with Gasteiger partial charge in [0.15, 0.2) is 0 Å². The van der Waals surface area contributed by atoms with Gasteiger partial charge in [-0.2, -0.15) is 0 Å². The maximum Gasteiger partial charge on any atom is 0.335 e. The molecule has 1 aliphatic rings. The van der Waals surface area contributed by atoms with Crippen molar-refractivity contribution in [2.24, 2.45) is 0 Å². The predicted octanol–water partition coefficient (Wildman–Crippen LogP) is 2.05. The highest BCUT2D eigenvalue weighted by atomic mass is 32.2. The summed E-state index contributed by atoms with van der Waals surface area (Å²) < 4.78 is 39.8. The molecule has 0 unspecified atom stereocenters. The first-order chi connectivity index (χ1) is 14.3. The van der Waals surface area contributed by atoms with Crippen molar-refractivity contribution >= 4 is 16.0 Å². The molecule has 0 bridgehead atoms. The van der Waals surface area contributed by atoms with E-state index < -0.39 is 22.0 Å². The summed E-state index contributed by atoms with van der Waals surface area (Å²) in [6.07, 6.45) is 0. The van der Waals surface area contributed by atoms with E-state index in [-0.39, 0.29) is 16.2 Å². The highest BCUT2D eigenvalue weighted by Crippen LogP contribution is 2.27. The van der Waals surface area contributed by atoms with E-state index in [0.717, 1.165) is 17.2 Å². The Hall–Kier alpha value is -2.46. The van der Waals surface area contributed by atoms with Crippen LogP contribution in [0.5, 0.6) is 5.75 Å². The van der Waals surface area contributed by atoms with Crippen molar-refractivity contribution in [3.8, 4) is 5.75 Å². The standard InChI is InChI=1S/C21H26N2O6S/c1-15-3-5-16(6-4-15)18(14-23-9-11-29-12-10-23)22-30(26,27)20-13-17(21(24)25)7-8-19(20)28-2/h3-8,13,18,22H,9-12,14H2,1-2H3,(H,24,25)/t18-/m0/s1. The molecule has 1 atom stereocenters. The van der Waals surface area contributed by atoms with E-state index >= 15 is 0 Å². The zero-order valence-corrected chi connectivity index (χ0v) is 17.8. The lowest BCUT2D eigenvalue weighted by Gasteiger charge is -2.31. The highest BCUT2D eigenvalue weighted by molar-refractivity contribution is 7.89. The summed E-state index contributed by atoms with van der Waals surface area (Å²) in [7, 11) is -2.72. The van der Waals surface area contributed by atoms with Crippen LogP contribution in [0.3, 0.4) is 0 Å². The smallest absolute Gasteiger partial charge is 0.335 e. The molecule has 1 fully saturated rings. The van der Waals surface area contributed by atoms with Crippen LogP contribution in [-0.4, -0.2) is 64.4 Å². The van der Waals surface area contributed by atoms with Crippen molar-refractivity contribution in [1.29, 1.82) is 0 Å². The number of ether oxygens (including phenoxy) is 2. The van der Waals surface area contributed by atoms with Crippen LogP contribution in [-0.2, 0) is 14.8 Å². The van der Waals surface area contributed by atoms with Gasteiger partial charge in [-0.1, -0.05) is 29.8 Å². The number of aromatic carboxylic acids is 1. The molecular weight excluding hydrogens is 408 g/mol. The van der Waals surface area contributed by atoms with Crippen LogP contribution in [0.2, 0.25) is 0 Å². The van der Waals surface area contributed by atoms with Gasteiger partial charge in [0.25, 0.3) is 0 Å². The highest BCUT2D eigenvalue weighted by Gasteiger charge is 2.27. The number of morpholine rings is 1. The average molecular weight is 435 g/mol. The van der Waals surface area contributed by atoms with Gasteiger partial charge >= 0.3 is 5.97 Å². The average Bonchev–Trinajstić information content (AvgIpc) is 2.74. The molecule has 0 amide bonds. The second kappa shape index (κ2) is 9.57. The second-order valence-electron chi connectivity index (χ2n) is 7.17. The first-order valence-electron chi connectivity index (χ1n) is 9.60. The lowest BCUT2D eigenvalue weighted by atomic mass is 10.1. The van der Waals surface area contributed by atoms with Gasteiger partial charge in [0, 0.05) is 19.6 Å². The topological polar surface area (TPSA) is 105 Å². The number of hydrogen-bond donors (Lipinski definition) is 2. The normalized spacial score (nSPS) is 16.2. The van der Waals surface area contributed by atoms with Gasteiger partial charge in [-0.25, -0.2) is 17.9 Å². The number of carboxylic acids is 1. The fourth-order valence-corrected chi connectivity index (χ4v) is 4.73. The van der Waals surface area contributed by atoms with Gasteiger partial charge in [0.2, 0.25) is 10.0 Å². The van der Waals surface area contributed by atoms with E-state index in [4.69, 9.17) is 9.47 Å². The van der Waals surface area contributed by atoms with Crippen LogP contribution < -0.4 is 9.46 Å². The number of nitrogens with one attached hydrogen (secondary N) is 1. The Balaban J connectivity index is 1.95. The Kier molecular flexibility index (Phi) is 7.09. The molecule has 2 aromatic carbocycles. The monoisotopic (exact) mass is 434 g/mol. The largest absolute Gasteiger partial charge is 0.495 e. The van der Waals surface area contributed by atoms with E-state index in [1.165, 1.54) is 19.2 Å². The fourth-order valence-electron chi connectivity index (χ4n) is 3.32. The van der Waals surface area contributed by atoms with Gasteiger partial charge < -0.3 is 14.6 Å². The molecule has 1 heterocycles. The van der Waals surface area contributed by atoms with Gasteiger partial charge in [-0.3, -0.25) is 4.90 Å². The molecule has 8 nitrogen and oxygen atoms in total. The van der Waals surface area contributed by atoms with Crippen molar-refractivity contribution in [2.75, 3.05) is 40.0 Å². The van der Waals surface area contributed by atoms with Crippen LogP contribution in [0.1, 0.15) is 27.5 Å². The molecule has 3 rings (SSSR count). The number of benzene rings is 2. The zero-order chi connectivity index (χ0) is 21.7. The number of methoxy groups -OCH3 is 1. The summed E-state index contributed by atoms with van der Waals surface area (Å²) in [6.45, 7) is 5.05. The summed E-state index contributed by atoms with van der Waals surface area (Å²) in [5, 5.41) is 9.27. The Bertz CT molecular complexity index is 985. The number of aryl methyl sites for hydroxylation is 1. The minimum Gasteiger partial charge on any atom is -0.495 e. The van der Waals surface area contributed by atoms with E-state index in [0.29, 0.717) is 32.8 Å². The Morgan fingerprint density at radius 1 is 1.20 bits per heavy atom. The third-order valence-electron chi connectivity index (χ3n) is 5.02. The van der Waals surface area contributed by atoms with Gasteiger partial charge in [-0.05, 0) is 30.7 Å². The van der Waals surface area contributed by atoms with Gasteiger partial charge in [0.05, 0.1) is 31.9 Å². The molecule has 1 aliphatic heterocycles. The van der Waals surface area contributed by atoms with Crippen LogP contribution in [0.4, 0.5) is 0 Å². The molecule has 0 saturated carbocycles. The summed E-state index contributed by atoms with van der Waals surface area (Å²) >= 11 is 0. The number of hydrogen-bond acceptors (Lipinski definition) is 6. The minimum atomic E-state index is -4.06. The Labute approximate surface area is 176 Å². The maximum absolute atomic E-state index is 13.3. The summed E-state index contributed by atoms with van der Waals surface area (Å²) in [6, 6.07) is 10.9. The first-order valence-corrected chi connectivity index (χ1v) is 11.1. The fraction of sp³-hybridized carbons (Fsp3) is 0.381. The van der Waals surface area contributed by atoms with Crippen LogP contribution >= 0.6 is 0 Å². The molecule has 1 saturated heterocycles. The summed E-state index contributed by atoms with van der Waals surface area (Å²) in [5.74, 6) is -1.13. The molecule has 162 valence electrons. The molecule has 0 aliphatic carbocycles. The van der Waals surface area contributed by atoms with Crippen LogP contribution in [0.15, 0.2) is 47.4 Å². The molecule has 0 radical (unpaired) electrons. The second-order valence-corrected chi connectivity index (χ2v) is 8.85. The molecule has 30 heavy (non-hydrogen) atoms. The van der Waals surface area contributed by atoms with E-state index in [1.807, 2.05) is 31.2 Å². The van der Waals surface area contributed by atoms with Crippen LogP contribution in [0.25, 0.3) is 0 Å². The Morgan fingerprint density at radius 3 is 2.47 bits per heavy atom. The van der Waals surface area contributed by atoms with Crippen molar-refractivity contribution in [3.05, 3.63) is 59.2 Å². The van der Waals surface area contributed by atoms with Crippen molar-refractivity contribution < 1.29 is 27.8 Å². The van der Waals surface area contributed by atoms with E-state index in [1.54, 1.807) is 0 Å². The van der Waals surface area contributed by atoms with Crippen LogP contribution in [0, 0.1) is 6.92 Å². The molecular formula is C21H26N2O6S. The predicted molar refractivity (Wildman–Crippen MR) is 111 cm³/mol. The SMILES string of the molecule is COc1ccc(C(=O)O)cc1S(=O)(=O)N[C@@H](CN1CCOCC1)c1ccc(C)cc1. The zero-order valence-electron chi connectivity index (χ0n) is 17.0. The summed E-state index contributed by atoms with van der Waals surface area (Å²) in [5.41, 5.74) is 1.77. The number of carboxylic acid groups (broad SMARTS) is 1. The van der Waals surface area contributed by atoms with E-state index in [9.17, 15) is 18.3 Å². The lowest BCUT2D eigenvalue weighted by molar-refractivity contribution is 0.0345. The molecule has 9 heteroatoms. The van der Waals surface area contributed by atoms with Crippen molar-refractivity contribution in [1.82, 2.24) is 9.62 Å². The van der Waals surface area contributed by atoms with Crippen molar-refractivity contribution in [2.45, 2.75) is 17.9 Å². The molecule has 0 aromatic heterocycles. The quantitative estimate of drug-likeness (QED) is 0.655. The maximum atomic E-state index is 13.3. The lowest BCUT2D eigenvalue weighted by Crippen LogP contribution is -2.43. The third-order valence-corrected chi connectivity index (χ3v) is 6.51. The molecule has 0 spiro atoms. The van der Waals surface area contributed by atoms with E-state index in [2.05, 4.69) is 9.62 Å².